The first kappa shape index (κ1) is 17.4. The smallest absolute Gasteiger partial charge is 0.203 e. The lowest BCUT2D eigenvalue weighted by molar-refractivity contribution is 0.362. The van der Waals surface area contributed by atoms with Gasteiger partial charge in [-0.25, -0.2) is 4.98 Å². The number of aromatic nitrogens is 1. The van der Waals surface area contributed by atoms with E-state index in [2.05, 4.69) is 38.0 Å². The van der Waals surface area contributed by atoms with Gasteiger partial charge >= 0.3 is 0 Å². The predicted molar refractivity (Wildman–Crippen MR) is 109 cm³/mol. The first-order valence-electron chi connectivity index (χ1n) is 7.59. The Morgan fingerprint density at radius 3 is 2.88 bits per heavy atom. The van der Waals surface area contributed by atoms with E-state index in [0.29, 0.717) is 6.61 Å². The minimum Gasteiger partial charge on any atom is -0.489 e. The van der Waals surface area contributed by atoms with Crippen LogP contribution in [0.1, 0.15) is 5.56 Å². The molecule has 0 aliphatic heterocycles. The van der Waals surface area contributed by atoms with Gasteiger partial charge in [-0.2, -0.15) is 5.10 Å². The summed E-state index contributed by atoms with van der Waals surface area (Å²) < 4.78 is 6.59. The third-order valence-corrected chi connectivity index (χ3v) is 4.51. The van der Waals surface area contributed by atoms with Crippen LogP contribution in [-0.4, -0.2) is 17.8 Å². The molecule has 0 aliphatic carbocycles. The van der Waals surface area contributed by atoms with Gasteiger partial charge in [-0.3, -0.25) is 5.43 Å². The van der Waals surface area contributed by atoms with Gasteiger partial charge in [-0.15, -0.1) is 11.3 Å². The van der Waals surface area contributed by atoms with Crippen LogP contribution >= 0.6 is 27.3 Å². The Balaban J connectivity index is 1.70. The summed E-state index contributed by atoms with van der Waals surface area (Å²) in [4.78, 5) is 4.54. The summed E-state index contributed by atoms with van der Waals surface area (Å²) in [7, 11) is 0. The normalized spacial score (nSPS) is 10.8. The van der Waals surface area contributed by atoms with Crippen molar-refractivity contribution in [3.05, 3.63) is 76.6 Å². The SMILES string of the molecule is C=CCOc1ccc(Br)cc1C=NNc1nc(-c2ccccc2)cs1. The van der Waals surface area contributed by atoms with Crippen LogP contribution in [0.4, 0.5) is 5.13 Å². The molecule has 0 saturated heterocycles. The Bertz CT molecular complexity index is 877. The van der Waals surface area contributed by atoms with Crippen LogP contribution in [0.2, 0.25) is 0 Å². The van der Waals surface area contributed by atoms with Crippen LogP contribution in [-0.2, 0) is 0 Å². The minimum absolute atomic E-state index is 0.447. The molecule has 0 amide bonds. The summed E-state index contributed by atoms with van der Waals surface area (Å²) in [5.74, 6) is 0.748. The summed E-state index contributed by atoms with van der Waals surface area (Å²) >= 11 is 4.97. The van der Waals surface area contributed by atoms with E-state index in [1.54, 1.807) is 12.3 Å². The van der Waals surface area contributed by atoms with Gasteiger partial charge in [0.05, 0.1) is 11.9 Å². The highest BCUT2D eigenvalue weighted by Crippen LogP contribution is 2.25. The number of rotatable bonds is 7. The molecule has 0 atom stereocenters. The number of nitrogens with zero attached hydrogens (tertiary/aromatic N) is 2. The van der Waals surface area contributed by atoms with E-state index in [9.17, 15) is 0 Å². The molecule has 0 unspecified atom stereocenters. The lowest BCUT2D eigenvalue weighted by Gasteiger charge is -2.07. The third kappa shape index (κ3) is 4.78. The standard InChI is InChI=1S/C19H16BrN3OS/c1-2-10-24-18-9-8-16(20)11-15(18)12-21-23-19-22-17(13-25-19)14-6-4-3-5-7-14/h2-9,11-13H,1,10H2,(H,22,23). The number of halogens is 1. The summed E-state index contributed by atoms with van der Waals surface area (Å²) in [5, 5.41) is 7.01. The average Bonchev–Trinajstić information content (AvgIpc) is 3.11. The maximum Gasteiger partial charge on any atom is 0.203 e. The molecule has 0 aliphatic rings. The van der Waals surface area contributed by atoms with E-state index in [0.717, 1.165) is 32.2 Å². The van der Waals surface area contributed by atoms with E-state index in [-0.39, 0.29) is 0 Å². The lowest BCUT2D eigenvalue weighted by atomic mass is 10.2. The molecule has 0 saturated carbocycles. The van der Waals surface area contributed by atoms with Crippen molar-refractivity contribution in [2.24, 2.45) is 5.10 Å². The molecule has 3 aromatic rings. The van der Waals surface area contributed by atoms with E-state index in [1.807, 2.05) is 53.9 Å². The molecule has 1 heterocycles. The molecule has 0 fully saturated rings. The summed E-state index contributed by atoms with van der Waals surface area (Å²) in [6.07, 6.45) is 3.43. The monoisotopic (exact) mass is 413 g/mol. The molecule has 0 bridgehead atoms. The largest absolute Gasteiger partial charge is 0.489 e. The van der Waals surface area contributed by atoms with Crippen LogP contribution in [0.15, 0.2) is 76.1 Å². The number of anilines is 1. The minimum atomic E-state index is 0.447. The van der Waals surface area contributed by atoms with Gasteiger partial charge in [0.2, 0.25) is 5.13 Å². The Morgan fingerprint density at radius 2 is 2.08 bits per heavy atom. The van der Waals surface area contributed by atoms with Crippen molar-refractivity contribution in [3.8, 4) is 17.0 Å². The number of thiazole rings is 1. The second-order valence-electron chi connectivity index (χ2n) is 5.06. The Morgan fingerprint density at radius 1 is 1.24 bits per heavy atom. The molecule has 25 heavy (non-hydrogen) atoms. The average molecular weight is 414 g/mol. The van der Waals surface area contributed by atoms with Crippen LogP contribution in [0, 0.1) is 0 Å². The Kier molecular flexibility index (Phi) is 5.98. The number of nitrogens with one attached hydrogen (secondary N) is 1. The maximum atomic E-state index is 5.64. The number of ether oxygens (including phenoxy) is 1. The predicted octanol–water partition coefficient (Wildman–Crippen LogP) is 5.58. The van der Waals surface area contributed by atoms with E-state index in [4.69, 9.17) is 4.74 Å². The van der Waals surface area contributed by atoms with E-state index < -0.39 is 0 Å². The first-order valence-corrected chi connectivity index (χ1v) is 9.27. The molecule has 3 rings (SSSR count). The van der Waals surface area contributed by atoms with Gasteiger partial charge < -0.3 is 4.74 Å². The van der Waals surface area contributed by atoms with Gasteiger partial charge in [0.1, 0.15) is 12.4 Å². The molecule has 1 N–H and O–H groups in total. The van der Waals surface area contributed by atoms with Crippen molar-refractivity contribution in [1.82, 2.24) is 4.98 Å². The number of hydrogen-bond donors (Lipinski definition) is 1. The highest BCUT2D eigenvalue weighted by Gasteiger charge is 2.04. The fourth-order valence-corrected chi connectivity index (χ4v) is 3.17. The van der Waals surface area contributed by atoms with Gasteiger partial charge in [0.25, 0.3) is 0 Å². The fraction of sp³-hybridized carbons (Fsp3) is 0.0526. The zero-order valence-corrected chi connectivity index (χ0v) is 15.8. The van der Waals surface area contributed by atoms with Gasteiger partial charge in [0, 0.05) is 21.0 Å². The van der Waals surface area contributed by atoms with Crippen LogP contribution in [0.5, 0.6) is 5.75 Å². The Labute approximate surface area is 159 Å². The van der Waals surface area contributed by atoms with Crippen molar-refractivity contribution >= 4 is 38.6 Å². The molecular weight excluding hydrogens is 398 g/mol. The van der Waals surface area contributed by atoms with Crippen molar-refractivity contribution in [2.75, 3.05) is 12.0 Å². The van der Waals surface area contributed by atoms with Gasteiger partial charge in [0.15, 0.2) is 0 Å². The summed E-state index contributed by atoms with van der Waals surface area (Å²) in [5.41, 5.74) is 5.85. The molecule has 4 nitrogen and oxygen atoms in total. The molecule has 0 radical (unpaired) electrons. The zero-order valence-electron chi connectivity index (χ0n) is 13.4. The van der Waals surface area contributed by atoms with Crippen molar-refractivity contribution in [1.29, 1.82) is 0 Å². The fourth-order valence-electron chi connectivity index (χ4n) is 2.12. The van der Waals surface area contributed by atoms with E-state index >= 15 is 0 Å². The highest BCUT2D eigenvalue weighted by atomic mass is 79.9. The molecule has 126 valence electrons. The molecule has 2 aromatic carbocycles. The summed E-state index contributed by atoms with van der Waals surface area (Å²) in [6.45, 7) is 4.11. The first-order chi connectivity index (χ1) is 12.3. The quantitative estimate of drug-likeness (QED) is 0.312. The maximum absolute atomic E-state index is 5.64. The highest BCUT2D eigenvalue weighted by molar-refractivity contribution is 9.10. The van der Waals surface area contributed by atoms with Crippen molar-refractivity contribution in [2.45, 2.75) is 0 Å². The summed E-state index contributed by atoms with van der Waals surface area (Å²) in [6, 6.07) is 15.8. The van der Waals surface area contributed by atoms with Crippen LogP contribution < -0.4 is 10.2 Å². The number of hydrazone groups is 1. The molecular formula is C19H16BrN3OS. The van der Waals surface area contributed by atoms with Crippen molar-refractivity contribution in [3.63, 3.8) is 0 Å². The van der Waals surface area contributed by atoms with Crippen molar-refractivity contribution < 1.29 is 4.74 Å². The number of benzene rings is 2. The zero-order chi connectivity index (χ0) is 17.5. The topological polar surface area (TPSA) is 46.5 Å². The van der Waals surface area contributed by atoms with Crippen LogP contribution in [0.3, 0.4) is 0 Å². The van der Waals surface area contributed by atoms with Gasteiger partial charge in [-0.1, -0.05) is 58.9 Å². The third-order valence-electron chi connectivity index (χ3n) is 3.27. The Hall–Kier alpha value is -2.44. The lowest BCUT2D eigenvalue weighted by Crippen LogP contribution is -1.98. The molecule has 1 aromatic heterocycles. The second-order valence-corrected chi connectivity index (χ2v) is 6.83. The molecule has 6 heteroatoms. The van der Waals surface area contributed by atoms with Gasteiger partial charge in [-0.05, 0) is 18.2 Å². The van der Waals surface area contributed by atoms with E-state index in [1.165, 1.54) is 11.3 Å². The van der Waals surface area contributed by atoms with Crippen LogP contribution in [0.25, 0.3) is 11.3 Å². The number of hydrogen-bond acceptors (Lipinski definition) is 5. The molecule has 0 spiro atoms. The second kappa shape index (κ2) is 8.60.